The zero-order chi connectivity index (χ0) is 21.4. The van der Waals surface area contributed by atoms with E-state index in [4.69, 9.17) is 4.98 Å². The van der Waals surface area contributed by atoms with Gasteiger partial charge in [0, 0.05) is 47.5 Å². The van der Waals surface area contributed by atoms with Gasteiger partial charge in [0.25, 0.3) is 5.91 Å². The molecule has 1 aliphatic rings. The molecule has 8 heteroatoms. The Hall–Kier alpha value is -3.13. The zero-order valence-corrected chi connectivity index (χ0v) is 18.6. The molecule has 1 aromatic carbocycles. The minimum Gasteiger partial charge on any atom is -0.337 e. The first kappa shape index (κ1) is 19.8. The summed E-state index contributed by atoms with van der Waals surface area (Å²) in [5.41, 5.74) is 4.62. The van der Waals surface area contributed by atoms with Crippen LogP contribution in [0.4, 0.5) is 11.6 Å². The van der Waals surface area contributed by atoms with E-state index >= 15 is 0 Å². The van der Waals surface area contributed by atoms with Crippen molar-refractivity contribution in [1.82, 2.24) is 24.5 Å². The fourth-order valence-corrected chi connectivity index (χ4v) is 5.28. The lowest BCUT2D eigenvalue weighted by molar-refractivity contribution is 0.0699. The number of H-pyrrole nitrogens is 1. The number of hydrogen-bond donors (Lipinski definition) is 2. The predicted octanol–water partition coefficient (Wildman–Crippen LogP) is 4.75. The molecule has 1 amide bonds. The molecular formula is C23H26N6OS. The molecule has 0 spiro atoms. The van der Waals surface area contributed by atoms with Gasteiger partial charge in [0.05, 0.1) is 5.69 Å². The van der Waals surface area contributed by atoms with Crippen LogP contribution < -0.4 is 5.32 Å². The van der Waals surface area contributed by atoms with Crippen molar-refractivity contribution in [3.8, 4) is 0 Å². The molecule has 1 atom stereocenters. The summed E-state index contributed by atoms with van der Waals surface area (Å²) in [6.45, 7) is 5.47. The molecule has 160 valence electrons. The largest absolute Gasteiger partial charge is 0.337 e. The molecule has 5 rings (SSSR count). The summed E-state index contributed by atoms with van der Waals surface area (Å²) in [6.07, 6.45) is 4.88. The average Bonchev–Trinajstić information content (AvgIpc) is 3.50. The molecule has 1 aliphatic heterocycles. The fourth-order valence-electron chi connectivity index (χ4n) is 4.37. The number of nitrogens with one attached hydrogen (secondary N) is 2. The van der Waals surface area contributed by atoms with Crippen molar-refractivity contribution in [2.24, 2.45) is 0 Å². The van der Waals surface area contributed by atoms with E-state index in [1.54, 1.807) is 11.3 Å². The standard InChI is InChI=1S/C23H26N6OS/c1-3-18-15(2)19(27-26-18)21(30)28-11-7-8-16(14-28)20-22-29(12-13-31-22)23(25-20)24-17-9-5-4-6-10-17/h4-6,9-10,12-13,16H,3,7-8,11,14H2,1-2H3,(H,24,25)(H,26,27). The number of nitrogens with zero attached hydrogens (tertiary/aromatic N) is 4. The number of fused-ring (bicyclic) bond motifs is 1. The van der Waals surface area contributed by atoms with Crippen LogP contribution in [0.15, 0.2) is 41.9 Å². The Morgan fingerprint density at radius 2 is 2.16 bits per heavy atom. The SMILES string of the molecule is CCc1[nH]nc(C(=O)N2CCCC(c3nc(Nc4ccccc4)n4ccsc34)C2)c1C. The minimum atomic E-state index is 0.0161. The van der Waals surface area contributed by atoms with Gasteiger partial charge in [-0.3, -0.25) is 14.3 Å². The number of rotatable bonds is 5. The summed E-state index contributed by atoms with van der Waals surface area (Å²) >= 11 is 1.69. The van der Waals surface area contributed by atoms with Gasteiger partial charge in [0.1, 0.15) is 4.83 Å². The first-order valence-corrected chi connectivity index (χ1v) is 11.6. The van der Waals surface area contributed by atoms with Crippen LogP contribution in [0, 0.1) is 6.92 Å². The van der Waals surface area contributed by atoms with Gasteiger partial charge in [-0.1, -0.05) is 25.1 Å². The summed E-state index contributed by atoms with van der Waals surface area (Å²) in [7, 11) is 0. The zero-order valence-electron chi connectivity index (χ0n) is 17.8. The van der Waals surface area contributed by atoms with Crippen molar-refractivity contribution in [2.75, 3.05) is 18.4 Å². The minimum absolute atomic E-state index is 0.0161. The van der Waals surface area contributed by atoms with Gasteiger partial charge in [-0.2, -0.15) is 5.10 Å². The fraction of sp³-hybridized carbons (Fsp3) is 0.348. The summed E-state index contributed by atoms with van der Waals surface area (Å²) in [5, 5.41) is 12.8. The van der Waals surface area contributed by atoms with Crippen molar-refractivity contribution in [1.29, 1.82) is 0 Å². The highest BCUT2D eigenvalue weighted by molar-refractivity contribution is 7.15. The molecule has 0 bridgehead atoms. The Morgan fingerprint density at radius 1 is 1.32 bits per heavy atom. The first-order chi connectivity index (χ1) is 15.2. The van der Waals surface area contributed by atoms with Gasteiger partial charge in [0.2, 0.25) is 5.95 Å². The molecule has 1 unspecified atom stereocenters. The van der Waals surface area contributed by atoms with Crippen LogP contribution in [-0.2, 0) is 6.42 Å². The molecule has 3 aromatic heterocycles. The second kappa shape index (κ2) is 8.19. The number of likely N-dealkylation sites (tertiary alicyclic amines) is 1. The van der Waals surface area contributed by atoms with Crippen molar-refractivity contribution in [3.63, 3.8) is 0 Å². The summed E-state index contributed by atoms with van der Waals surface area (Å²) in [4.78, 5) is 21.3. The smallest absolute Gasteiger partial charge is 0.274 e. The van der Waals surface area contributed by atoms with Gasteiger partial charge in [-0.05, 0) is 38.3 Å². The lowest BCUT2D eigenvalue weighted by atomic mass is 9.95. The van der Waals surface area contributed by atoms with Crippen LogP contribution in [0.25, 0.3) is 4.83 Å². The monoisotopic (exact) mass is 434 g/mol. The molecule has 1 saturated heterocycles. The first-order valence-electron chi connectivity index (χ1n) is 10.8. The number of hydrogen-bond acceptors (Lipinski definition) is 5. The number of piperidine rings is 1. The Morgan fingerprint density at radius 3 is 2.94 bits per heavy atom. The number of carbonyl (C=O) groups excluding carboxylic acids is 1. The Kier molecular flexibility index (Phi) is 5.23. The second-order valence-electron chi connectivity index (χ2n) is 8.01. The summed E-state index contributed by atoms with van der Waals surface area (Å²) < 4.78 is 2.11. The van der Waals surface area contributed by atoms with Crippen LogP contribution >= 0.6 is 11.3 Å². The van der Waals surface area contributed by atoms with Crippen LogP contribution in [0.5, 0.6) is 0 Å². The number of benzene rings is 1. The molecule has 4 heterocycles. The molecule has 7 nitrogen and oxygen atoms in total. The highest BCUT2D eigenvalue weighted by atomic mass is 32.1. The molecule has 2 N–H and O–H groups in total. The van der Waals surface area contributed by atoms with Gasteiger partial charge >= 0.3 is 0 Å². The molecule has 0 saturated carbocycles. The van der Waals surface area contributed by atoms with Crippen LogP contribution in [-0.4, -0.2) is 43.5 Å². The predicted molar refractivity (Wildman–Crippen MR) is 123 cm³/mol. The number of imidazole rings is 1. The number of aromatic nitrogens is 4. The topological polar surface area (TPSA) is 78.3 Å². The number of aryl methyl sites for hydroxylation is 1. The van der Waals surface area contributed by atoms with E-state index in [0.29, 0.717) is 12.2 Å². The van der Waals surface area contributed by atoms with Gasteiger partial charge < -0.3 is 10.2 Å². The van der Waals surface area contributed by atoms with Crippen molar-refractivity contribution < 1.29 is 4.79 Å². The van der Waals surface area contributed by atoms with E-state index in [1.807, 2.05) is 48.4 Å². The van der Waals surface area contributed by atoms with Crippen LogP contribution in [0.3, 0.4) is 0 Å². The van der Waals surface area contributed by atoms with E-state index in [1.165, 1.54) is 0 Å². The normalized spacial score (nSPS) is 16.7. The third-order valence-electron chi connectivity index (χ3n) is 6.07. The maximum absolute atomic E-state index is 13.2. The number of para-hydroxylation sites is 1. The number of thiazole rings is 1. The van der Waals surface area contributed by atoms with Crippen molar-refractivity contribution in [2.45, 2.75) is 39.0 Å². The summed E-state index contributed by atoms with van der Waals surface area (Å²) in [5.74, 6) is 1.04. The highest BCUT2D eigenvalue weighted by Gasteiger charge is 2.31. The van der Waals surface area contributed by atoms with Gasteiger partial charge in [-0.25, -0.2) is 4.98 Å². The lowest BCUT2D eigenvalue weighted by Crippen LogP contribution is -2.39. The number of anilines is 2. The lowest BCUT2D eigenvalue weighted by Gasteiger charge is -2.31. The Labute approximate surface area is 185 Å². The van der Waals surface area contributed by atoms with E-state index in [-0.39, 0.29) is 11.8 Å². The molecule has 1 fully saturated rings. The van der Waals surface area contributed by atoms with E-state index in [0.717, 1.165) is 59.2 Å². The molecule has 0 radical (unpaired) electrons. The van der Waals surface area contributed by atoms with E-state index in [2.05, 4.69) is 32.2 Å². The van der Waals surface area contributed by atoms with Crippen molar-refractivity contribution >= 4 is 33.7 Å². The van der Waals surface area contributed by atoms with E-state index < -0.39 is 0 Å². The molecule has 4 aromatic rings. The van der Waals surface area contributed by atoms with Crippen molar-refractivity contribution in [3.05, 3.63) is 64.6 Å². The third-order valence-corrected chi connectivity index (χ3v) is 6.96. The second-order valence-corrected chi connectivity index (χ2v) is 8.90. The number of amides is 1. The molecular weight excluding hydrogens is 408 g/mol. The quantitative estimate of drug-likeness (QED) is 0.475. The highest BCUT2D eigenvalue weighted by Crippen LogP contribution is 2.34. The van der Waals surface area contributed by atoms with Gasteiger partial charge in [-0.15, -0.1) is 11.3 Å². The average molecular weight is 435 g/mol. The Bertz CT molecular complexity index is 1210. The Balaban J connectivity index is 1.41. The number of aromatic amines is 1. The van der Waals surface area contributed by atoms with Gasteiger partial charge in [0.15, 0.2) is 5.69 Å². The van der Waals surface area contributed by atoms with Crippen LogP contribution in [0.2, 0.25) is 0 Å². The summed E-state index contributed by atoms with van der Waals surface area (Å²) in [6, 6.07) is 10.1. The molecule has 0 aliphatic carbocycles. The van der Waals surface area contributed by atoms with Crippen LogP contribution in [0.1, 0.15) is 53.1 Å². The maximum Gasteiger partial charge on any atom is 0.274 e. The molecule has 31 heavy (non-hydrogen) atoms. The number of carbonyl (C=O) groups is 1. The maximum atomic E-state index is 13.2. The third kappa shape index (κ3) is 3.61. The van der Waals surface area contributed by atoms with E-state index in [9.17, 15) is 4.79 Å².